The number of halogens is 1. The molecule has 0 saturated carbocycles. The minimum atomic E-state index is -0.233. The third kappa shape index (κ3) is 2.91. The van der Waals surface area contributed by atoms with Crippen molar-refractivity contribution < 1.29 is 4.79 Å². The highest BCUT2D eigenvalue weighted by Crippen LogP contribution is 2.31. The van der Waals surface area contributed by atoms with Gasteiger partial charge in [-0.3, -0.25) is 4.79 Å². The smallest absolute Gasteiger partial charge is 0.272 e. The van der Waals surface area contributed by atoms with Crippen LogP contribution in [0.15, 0.2) is 60.8 Å². The predicted octanol–water partition coefficient (Wildman–Crippen LogP) is 5.20. The van der Waals surface area contributed by atoms with E-state index in [4.69, 9.17) is 11.6 Å². The Morgan fingerprint density at radius 2 is 2.00 bits per heavy atom. The van der Waals surface area contributed by atoms with Crippen molar-refractivity contribution in [1.29, 1.82) is 0 Å². The largest absolute Gasteiger partial charge is 0.356 e. The van der Waals surface area contributed by atoms with E-state index in [0.29, 0.717) is 16.4 Å². The molecule has 0 saturated heterocycles. The number of H-pyrrole nitrogens is 1. The van der Waals surface area contributed by atoms with E-state index in [2.05, 4.69) is 21.4 Å². The fourth-order valence-electron chi connectivity index (χ4n) is 2.42. The lowest BCUT2D eigenvalue weighted by Crippen LogP contribution is -2.12. The second-order valence-electron chi connectivity index (χ2n) is 5.25. The summed E-state index contributed by atoms with van der Waals surface area (Å²) < 4.78 is 1.14. The van der Waals surface area contributed by atoms with E-state index in [-0.39, 0.29) is 5.91 Å². The molecule has 0 aliphatic carbocycles. The summed E-state index contributed by atoms with van der Waals surface area (Å²) >= 11 is 7.46. The minimum absolute atomic E-state index is 0.233. The van der Waals surface area contributed by atoms with Crippen molar-refractivity contribution in [2.75, 3.05) is 5.32 Å². The van der Waals surface area contributed by atoms with Gasteiger partial charge in [-0.2, -0.15) is 0 Å². The van der Waals surface area contributed by atoms with E-state index in [0.717, 1.165) is 20.8 Å². The van der Waals surface area contributed by atoms with Crippen molar-refractivity contribution in [3.05, 3.63) is 71.5 Å². The maximum absolute atomic E-state index is 12.2. The molecule has 2 aromatic heterocycles. The third-order valence-corrected chi connectivity index (χ3v) is 4.86. The molecule has 0 atom stereocenters. The molecule has 2 N–H and O–H groups in total. The first-order chi connectivity index (χ1) is 11.7. The summed E-state index contributed by atoms with van der Waals surface area (Å²) in [4.78, 5) is 19.7. The fourth-order valence-corrected chi connectivity index (χ4v) is 3.55. The molecule has 4 aromatic rings. The number of fused-ring (bicyclic) bond motifs is 1. The number of nitrogens with zero attached hydrogens (tertiary/aromatic N) is 1. The zero-order valence-corrected chi connectivity index (χ0v) is 14.0. The van der Waals surface area contributed by atoms with E-state index in [9.17, 15) is 4.79 Å². The zero-order valence-electron chi connectivity index (χ0n) is 12.4. The van der Waals surface area contributed by atoms with Crippen LogP contribution in [0.3, 0.4) is 0 Å². The molecule has 0 unspecified atom stereocenters. The van der Waals surface area contributed by atoms with Crippen LogP contribution >= 0.6 is 22.9 Å². The number of amides is 1. The molecule has 1 amide bonds. The highest BCUT2D eigenvalue weighted by Gasteiger charge is 2.10. The SMILES string of the molecule is O=C(Nc1cccc(-c2nc3ccccc3s2)c1)c1cc(Cl)c[nH]1. The van der Waals surface area contributed by atoms with Crippen molar-refractivity contribution in [1.82, 2.24) is 9.97 Å². The van der Waals surface area contributed by atoms with Crippen molar-refractivity contribution in [3.63, 3.8) is 0 Å². The number of carbonyl (C=O) groups is 1. The van der Waals surface area contributed by atoms with Gasteiger partial charge in [0.25, 0.3) is 5.91 Å². The Morgan fingerprint density at radius 1 is 1.12 bits per heavy atom. The second kappa shape index (κ2) is 6.11. The number of hydrogen-bond acceptors (Lipinski definition) is 3. The summed E-state index contributed by atoms with van der Waals surface area (Å²) in [6, 6.07) is 17.3. The van der Waals surface area contributed by atoms with Crippen LogP contribution in [0.5, 0.6) is 0 Å². The summed E-state index contributed by atoms with van der Waals surface area (Å²) in [6.45, 7) is 0. The molecule has 2 aromatic carbocycles. The van der Waals surface area contributed by atoms with Gasteiger partial charge >= 0.3 is 0 Å². The van der Waals surface area contributed by atoms with Crippen LogP contribution in [0.1, 0.15) is 10.5 Å². The van der Waals surface area contributed by atoms with Crippen LogP contribution in [0, 0.1) is 0 Å². The summed E-state index contributed by atoms with van der Waals surface area (Å²) in [7, 11) is 0. The number of benzene rings is 2. The van der Waals surface area contributed by atoms with E-state index >= 15 is 0 Å². The fraction of sp³-hybridized carbons (Fsp3) is 0. The molecule has 0 aliphatic rings. The van der Waals surface area contributed by atoms with E-state index in [1.807, 2.05) is 42.5 Å². The topological polar surface area (TPSA) is 57.8 Å². The van der Waals surface area contributed by atoms with Crippen LogP contribution in [-0.2, 0) is 0 Å². The summed E-state index contributed by atoms with van der Waals surface area (Å²) in [6.07, 6.45) is 1.58. The average molecular weight is 354 g/mol. The Bertz CT molecular complexity index is 1000. The third-order valence-electron chi connectivity index (χ3n) is 3.55. The van der Waals surface area contributed by atoms with Gasteiger partial charge in [0.2, 0.25) is 0 Å². The number of carbonyl (C=O) groups excluding carboxylic acids is 1. The number of thiazole rings is 1. The summed E-state index contributed by atoms with van der Waals surface area (Å²) in [5.74, 6) is -0.233. The molecule has 24 heavy (non-hydrogen) atoms. The van der Waals surface area contributed by atoms with Crippen LogP contribution in [0.4, 0.5) is 5.69 Å². The van der Waals surface area contributed by atoms with E-state index in [1.165, 1.54) is 0 Å². The summed E-state index contributed by atoms with van der Waals surface area (Å²) in [5, 5.41) is 4.29. The van der Waals surface area contributed by atoms with E-state index in [1.54, 1.807) is 23.6 Å². The molecule has 4 rings (SSSR count). The quantitative estimate of drug-likeness (QED) is 0.532. The normalized spacial score (nSPS) is 10.9. The predicted molar refractivity (Wildman–Crippen MR) is 98.8 cm³/mol. The molecule has 0 aliphatic heterocycles. The number of nitrogens with one attached hydrogen (secondary N) is 2. The van der Waals surface area contributed by atoms with Crippen molar-refractivity contribution in [3.8, 4) is 10.6 Å². The van der Waals surface area contributed by atoms with Crippen LogP contribution in [-0.4, -0.2) is 15.9 Å². The molecule has 0 spiro atoms. The number of rotatable bonds is 3. The molecule has 0 bridgehead atoms. The number of anilines is 1. The van der Waals surface area contributed by atoms with Crippen LogP contribution in [0.2, 0.25) is 5.02 Å². The zero-order chi connectivity index (χ0) is 16.5. The Kier molecular flexibility index (Phi) is 3.80. The highest BCUT2D eigenvalue weighted by molar-refractivity contribution is 7.21. The first kappa shape index (κ1) is 14.9. The van der Waals surface area contributed by atoms with Crippen molar-refractivity contribution in [2.24, 2.45) is 0 Å². The number of para-hydroxylation sites is 1. The standard InChI is InChI=1S/C18H12ClN3OS/c19-12-9-15(20-10-12)17(23)21-13-5-3-4-11(8-13)18-22-14-6-1-2-7-16(14)24-18/h1-10,20H,(H,21,23). The van der Waals surface area contributed by atoms with Crippen LogP contribution < -0.4 is 5.32 Å². The Hall–Kier alpha value is -2.63. The molecular formula is C18H12ClN3OS. The molecule has 6 heteroatoms. The van der Waals surface area contributed by atoms with Gasteiger partial charge in [0.1, 0.15) is 10.7 Å². The molecule has 0 radical (unpaired) electrons. The molecule has 2 heterocycles. The van der Waals surface area contributed by atoms with Gasteiger partial charge in [0.15, 0.2) is 0 Å². The molecular weight excluding hydrogens is 342 g/mol. The lowest BCUT2D eigenvalue weighted by atomic mass is 10.2. The van der Waals surface area contributed by atoms with Crippen molar-refractivity contribution in [2.45, 2.75) is 0 Å². The van der Waals surface area contributed by atoms with Gasteiger partial charge in [0.05, 0.1) is 15.2 Å². The monoisotopic (exact) mass is 353 g/mol. The van der Waals surface area contributed by atoms with Gasteiger partial charge < -0.3 is 10.3 Å². The Morgan fingerprint density at radius 3 is 2.79 bits per heavy atom. The minimum Gasteiger partial charge on any atom is -0.356 e. The van der Waals surface area contributed by atoms with Crippen LogP contribution in [0.25, 0.3) is 20.8 Å². The van der Waals surface area contributed by atoms with Gasteiger partial charge in [-0.25, -0.2) is 4.98 Å². The molecule has 0 fully saturated rings. The van der Waals surface area contributed by atoms with Gasteiger partial charge in [-0.15, -0.1) is 11.3 Å². The lowest BCUT2D eigenvalue weighted by molar-refractivity contribution is 0.102. The first-order valence-corrected chi connectivity index (χ1v) is 8.50. The Labute approximate surface area is 147 Å². The molecule has 4 nitrogen and oxygen atoms in total. The number of aromatic amines is 1. The Balaban J connectivity index is 1.62. The van der Waals surface area contributed by atoms with Gasteiger partial charge in [-0.1, -0.05) is 35.9 Å². The number of aromatic nitrogens is 2. The number of hydrogen-bond donors (Lipinski definition) is 2. The average Bonchev–Trinajstić information content (AvgIpc) is 3.21. The second-order valence-corrected chi connectivity index (χ2v) is 6.72. The lowest BCUT2D eigenvalue weighted by Gasteiger charge is -2.05. The van der Waals surface area contributed by atoms with Crippen molar-refractivity contribution >= 4 is 44.7 Å². The highest BCUT2D eigenvalue weighted by atomic mass is 35.5. The molecule has 118 valence electrons. The van der Waals surface area contributed by atoms with Gasteiger partial charge in [0, 0.05) is 17.4 Å². The van der Waals surface area contributed by atoms with E-state index < -0.39 is 0 Å². The maximum atomic E-state index is 12.2. The summed E-state index contributed by atoms with van der Waals surface area (Å²) in [5.41, 5.74) is 3.08. The first-order valence-electron chi connectivity index (χ1n) is 7.30. The van der Waals surface area contributed by atoms with Gasteiger partial charge in [-0.05, 0) is 30.3 Å². The maximum Gasteiger partial charge on any atom is 0.272 e.